The van der Waals surface area contributed by atoms with Crippen molar-refractivity contribution in [3.63, 3.8) is 0 Å². The lowest BCUT2D eigenvalue weighted by Crippen LogP contribution is -2.51. The Hall–Kier alpha value is -0.900. The second-order valence-electron chi connectivity index (χ2n) is 7.44. The van der Waals surface area contributed by atoms with Crippen molar-refractivity contribution in [1.29, 1.82) is 0 Å². The van der Waals surface area contributed by atoms with Crippen LogP contribution in [0.2, 0.25) is 0 Å². The molecule has 1 aromatic carbocycles. The fourth-order valence-electron chi connectivity index (χ4n) is 3.49. The number of nitrogens with zero attached hydrogens (tertiary/aromatic N) is 2. The molecular weight excluding hydrogens is 467 g/mol. The van der Waals surface area contributed by atoms with Gasteiger partial charge in [-0.25, -0.2) is 0 Å². The molecule has 0 spiro atoms. The smallest absolute Gasteiger partial charge is 0.191 e. The van der Waals surface area contributed by atoms with Gasteiger partial charge in [-0.1, -0.05) is 38.1 Å². The van der Waals surface area contributed by atoms with Crippen LogP contribution < -0.4 is 10.6 Å². The molecule has 2 rings (SSSR count). The summed E-state index contributed by atoms with van der Waals surface area (Å²) >= 11 is 0. The Labute approximate surface area is 187 Å². The molecule has 7 heteroatoms. The number of ether oxygens (including phenoxy) is 2. The zero-order valence-corrected chi connectivity index (χ0v) is 20.1. The van der Waals surface area contributed by atoms with E-state index >= 15 is 0 Å². The summed E-state index contributed by atoms with van der Waals surface area (Å²) < 4.78 is 10.8. The molecule has 1 saturated heterocycles. The van der Waals surface area contributed by atoms with Crippen LogP contribution in [0.15, 0.2) is 29.3 Å². The van der Waals surface area contributed by atoms with Gasteiger partial charge in [-0.2, -0.15) is 0 Å². The lowest BCUT2D eigenvalue weighted by molar-refractivity contribution is 0.0132. The molecule has 0 bridgehead atoms. The summed E-state index contributed by atoms with van der Waals surface area (Å²) in [6, 6.07) is 8.83. The average Bonchev–Trinajstić information content (AvgIpc) is 2.69. The van der Waals surface area contributed by atoms with E-state index in [4.69, 9.17) is 9.47 Å². The number of aliphatic imine (C=N–C) groups is 1. The average molecular weight is 504 g/mol. The van der Waals surface area contributed by atoms with Crippen molar-refractivity contribution >= 4 is 29.9 Å². The SMILES string of the molecule is CN=C(NCc1ccccc1COC)NCC(CC(C)C)N1CCOCC1.I. The van der Waals surface area contributed by atoms with E-state index in [2.05, 4.69) is 52.6 Å². The van der Waals surface area contributed by atoms with E-state index in [1.54, 1.807) is 7.11 Å². The van der Waals surface area contributed by atoms with Gasteiger partial charge in [0.15, 0.2) is 5.96 Å². The molecule has 0 aromatic heterocycles. The summed E-state index contributed by atoms with van der Waals surface area (Å²) in [5.41, 5.74) is 2.43. The number of nitrogens with one attached hydrogen (secondary N) is 2. The van der Waals surface area contributed by atoms with E-state index in [1.807, 2.05) is 13.1 Å². The normalized spacial score (nSPS) is 16.5. The van der Waals surface area contributed by atoms with Crippen molar-refractivity contribution in [2.24, 2.45) is 10.9 Å². The molecule has 1 heterocycles. The van der Waals surface area contributed by atoms with Crippen molar-refractivity contribution in [3.8, 4) is 0 Å². The van der Waals surface area contributed by atoms with Crippen LogP contribution in [0, 0.1) is 5.92 Å². The highest BCUT2D eigenvalue weighted by Gasteiger charge is 2.22. The second-order valence-corrected chi connectivity index (χ2v) is 7.44. The standard InChI is InChI=1S/C21H36N4O2.HI/c1-17(2)13-20(25-9-11-27-12-10-25)15-24-21(22-3)23-14-18-7-5-6-8-19(18)16-26-4;/h5-8,17,20H,9-16H2,1-4H3,(H2,22,23,24);1H. The molecule has 0 radical (unpaired) electrons. The van der Waals surface area contributed by atoms with Gasteiger partial charge in [-0.15, -0.1) is 24.0 Å². The molecule has 1 fully saturated rings. The van der Waals surface area contributed by atoms with Crippen molar-refractivity contribution < 1.29 is 9.47 Å². The van der Waals surface area contributed by atoms with E-state index < -0.39 is 0 Å². The van der Waals surface area contributed by atoms with Crippen molar-refractivity contribution in [2.75, 3.05) is 47.0 Å². The Bertz CT molecular complexity index is 577. The van der Waals surface area contributed by atoms with Crippen LogP contribution in [0.4, 0.5) is 0 Å². The van der Waals surface area contributed by atoms with Crippen molar-refractivity contribution in [3.05, 3.63) is 35.4 Å². The lowest BCUT2D eigenvalue weighted by atomic mass is 10.0. The van der Waals surface area contributed by atoms with Crippen LogP contribution >= 0.6 is 24.0 Å². The maximum atomic E-state index is 5.51. The number of benzene rings is 1. The first-order valence-electron chi connectivity index (χ1n) is 9.96. The third kappa shape index (κ3) is 8.63. The third-order valence-corrected chi connectivity index (χ3v) is 4.90. The molecule has 0 amide bonds. The van der Waals surface area contributed by atoms with Gasteiger partial charge >= 0.3 is 0 Å². The van der Waals surface area contributed by atoms with Crippen LogP contribution in [-0.4, -0.2) is 63.9 Å². The monoisotopic (exact) mass is 504 g/mol. The third-order valence-electron chi connectivity index (χ3n) is 4.90. The molecule has 0 saturated carbocycles. The summed E-state index contributed by atoms with van der Waals surface area (Å²) in [5.74, 6) is 1.50. The molecule has 1 aliphatic rings. The van der Waals surface area contributed by atoms with Gasteiger partial charge in [0.25, 0.3) is 0 Å². The number of methoxy groups -OCH3 is 1. The predicted octanol–water partition coefficient (Wildman–Crippen LogP) is 2.86. The number of morpholine rings is 1. The fourth-order valence-corrected chi connectivity index (χ4v) is 3.49. The molecule has 28 heavy (non-hydrogen) atoms. The Morgan fingerprint density at radius 2 is 1.86 bits per heavy atom. The first-order valence-corrected chi connectivity index (χ1v) is 9.96. The van der Waals surface area contributed by atoms with Crippen LogP contribution in [-0.2, 0) is 22.6 Å². The highest BCUT2D eigenvalue weighted by Crippen LogP contribution is 2.13. The maximum absolute atomic E-state index is 5.51. The van der Waals surface area contributed by atoms with Crippen LogP contribution in [0.1, 0.15) is 31.4 Å². The predicted molar refractivity (Wildman–Crippen MR) is 126 cm³/mol. The molecule has 160 valence electrons. The Balaban J connectivity index is 0.00000392. The Morgan fingerprint density at radius 3 is 2.46 bits per heavy atom. The highest BCUT2D eigenvalue weighted by atomic mass is 127. The number of rotatable bonds is 9. The molecule has 2 N–H and O–H groups in total. The highest BCUT2D eigenvalue weighted by molar-refractivity contribution is 14.0. The molecular formula is C21H37IN4O2. The first-order chi connectivity index (χ1) is 13.1. The maximum Gasteiger partial charge on any atom is 0.191 e. The minimum Gasteiger partial charge on any atom is -0.380 e. The summed E-state index contributed by atoms with van der Waals surface area (Å²) in [7, 11) is 3.55. The molecule has 0 aliphatic carbocycles. The lowest BCUT2D eigenvalue weighted by Gasteiger charge is -2.35. The van der Waals surface area contributed by atoms with Gasteiger partial charge in [-0.3, -0.25) is 9.89 Å². The van der Waals surface area contributed by atoms with Gasteiger partial charge in [0.2, 0.25) is 0 Å². The number of guanidine groups is 1. The number of hydrogen-bond acceptors (Lipinski definition) is 4. The zero-order valence-electron chi connectivity index (χ0n) is 17.7. The van der Waals surface area contributed by atoms with Gasteiger partial charge in [0, 0.05) is 46.4 Å². The largest absolute Gasteiger partial charge is 0.380 e. The first kappa shape index (κ1) is 25.1. The van der Waals surface area contributed by atoms with E-state index in [0.717, 1.165) is 45.4 Å². The van der Waals surface area contributed by atoms with Gasteiger partial charge in [0.05, 0.1) is 19.8 Å². The minimum atomic E-state index is 0. The summed E-state index contributed by atoms with van der Waals surface area (Å²) in [6.07, 6.45) is 1.17. The van der Waals surface area contributed by atoms with Crippen LogP contribution in [0.25, 0.3) is 0 Å². The number of hydrogen-bond donors (Lipinski definition) is 2. The van der Waals surface area contributed by atoms with E-state index in [1.165, 1.54) is 17.5 Å². The molecule has 1 aromatic rings. The minimum absolute atomic E-state index is 0. The Kier molecular flexibility index (Phi) is 12.7. The molecule has 1 aliphatic heterocycles. The Morgan fingerprint density at radius 1 is 1.18 bits per heavy atom. The summed E-state index contributed by atoms with van der Waals surface area (Å²) in [5, 5.41) is 6.96. The molecule has 6 nitrogen and oxygen atoms in total. The van der Waals surface area contributed by atoms with Gasteiger partial charge in [0.1, 0.15) is 0 Å². The van der Waals surface area contributed by atoms with Crippen molar-refractivity contribution in [1.82, 2.24) is 15.5 Å². The van der Waals surface area contributed by atoms with Gasteiger partial charge in [-0.05, 0) is 23.5 Å². The molecule has 1 unspecified atom stereocenters. The van der Waals surface area contributed by atoms with E-state index in [-0.39, 0.29) is 24.0 Å². The van der Waals surface area contributed by atoms with Crippen molar-refractivity contribution in [2.45, 2.75) is 39.5 Å². The zero-order chi connectivity index (χ0) is 19.5. The van der Waals surface area contributed by atoms with E-state index in [9.17, 15) is 0 Å². The quantitative estimate of drug-likeness (QED) is 0.308. The van der Waals surface area contributed by atoms with Crippen LogP contribution in [0.3, 0.4) is 0 Å². The molecule has 1 atom stereocenters. The summed E-state index contributed by atoms with van der Waals surface area (Å²) in [4.78, 5) is 6.93. The summed E-state index contributed by atoms with van der Waals surface area (Å²) in [6.45, 7) is 10.5. The second kappa shape index (κ2) is 14.1. The van der Waals surface area contributed by atoms with Gasteiger partial charge < -0.3 is 20.1 Å². The van der Waals surface area contributed by atoms with E-state index in [0.29, 0.717) is 18.6 Å². The topological polar surface area (TPSA) is 58.1 Å². The van der Waals surface area contributed by atoms with Crippen LogP contribution in [0.5, 0.6) is 0 Å². The number of halogens is 1. The fraction of sp³-hybridized carbons (Fsp3) is 0.667.